The minimum absolute atomic E-state index is 0.826. The smallest absolute Gasteiger partial charge is 0.0241 e. The molecule has 0 heterocycles. The van der Waals surface area contributed by atoms with Crippen LogP contribution in [0.1, 0.15) is 47.0 Å². The van der Waals surface area contributed by atoms with Gasteiger partial charge in [0.1, 0.15) is 0 Å². The van der Waals surface area contributed by atoms with E-state index in [1.165, 1.54) is 19.3 Å². The second-order valence-corrected chi connectivity index (χ2v) is 5.09. The minimum atomic E-state index is 0.826. The third-order valence-corrected chi connectivity index (χ3v) is 3.28. The van der Waals surface area contributed by atoms with E-state index in [9.17, 15) is 0 Å². The average molecular weight is 174 g/mol. The fourth-order valence-corrected chi connectivity index (χ4v) is 1.33. The predicted molar refractivity (Wildman–Crippen MR) is 57.0 cm³/mol. The molecule has 0 aliphatic rings. The fourth-order valence-electron chi connectivity index (χ4n) is 1.10. The summed E-state index contributed by atoms with van der Waals surface area (Å²) in [6.07, 6.45) is 4.15. The maximum Gasteiger partial charge on any atom is -0.0241 e. The second kappa shape index (κ2) is 6.00. The van der Waals surface area contributed by atoms with Crippen molar-refractivity contribution in [2.45, 2.75) is 52.6 Å². The largest absolute Gasteiger partial charge is 0.134 e. The molecule has 0 fully saturated rings. The normalized spacial score (nSPS) is 14.5. The highest BCUT2D eigenvalue weighted by molar-refractivity contribution is 7.17. The summed E-state index contributed by atoms with van der Waals surface area (Å²) in [5.74, 6) is 1.70. The number of rotatable bonds is 5. The third-order valence-electron chi connectivity index (χ3n) is 2.18. The molecule has 0 bridgehead atoms. The van der Waals surface area contributed by atoms with Crippen LogP contribution in [0.5, 0.6) is 0 Å². The van der Waals surface area contributed by atoms with Crippen LogP contribution in [0.2, 0.25) is 0 Å². The highest BCUT2D eigenvalue weighted by Gasteiger charge is 2.06. The lowest BCUT2D eigenvalue weighted by atomic mass is 10.0. The summed E-state index contributed by atoms with van der Waals surface area (Å²) >= 11 is 0. The summed E-state index contributed by atoms with van der Waals surface area (Å²) in [5, 5.41) is 0. The minimum Gasteiger partial charge on any atom is -0.134 e. The first-order chi connectivity index (χ1) is 5.04. The molecule has 0 spiro atoms. The molecule has 0 aliphatic carbocycles. The average Bonchev–Trinajstić information content (AvgIpc) is 1.86. The molecule has 0 aliphatic heterocycles. The zero-order valence-corrected chi connectivity index (χ0v) is 9.59. The van der Waals surface area contributed by atoms with Crippen molar-refractivity contribution >= 4 is 9.24 Å². The molecular weight excluding hydrogens is 151 g/mol. The van der Waals surface area contributed by atoms with Crippen LogP contribution in [0, 0.1) is 11.8 Å². The predicted octanol–water partition coefficient (Wildman–Crippen LogP) is 3.71. The first-order valence-electron chi connectivity index (χ1n) is 4.79. The van der Waals surface area contributed by atoms with E-state index in [2.05, 4.69) is 36.9 Å². The second-order valence-electron chi connectivity index (χ2n) is 4.23. The van der Waals surface area contributed by atoms with Crippen molar-refractivity contribution in [2.24, 2.45) is 11.8 Å². The highest BCUT2D eigenvalue weighted by Crippen LogP contribution is 2.20. The van der Waals surface area contributed by atoms with Gasteiger partial charge in [-0.15, -0.1) is 9.24 Å². The zero-order chi connectivity index (χ0) is 8.85. The Balaban J connectivity index is 3.24. The summed E-state index contributed by atoms with van der Waals surface area (Å²) in [5.41, 5.74) is 0.828. The molecule has 0 aromatic rings. The SMILES string of the molecule is CC(C)CCCC(P)C(C)C. The molecule has 0 aromatic carbocycles. The number of hydrogen-bond acceptors (Lipinski definition) is 0. The van der Waals surface area contributed by atoms with E-state index in [0.717, 1.165) is 17.5 Å². The van der Waals surface area contributed by atoms with Gasteiger partial charge in [0, 0.05) is 0 Å². The molecule has 68 valence electrons. The Morgan fingerprint density at radius 2 is 1.55 bits per heavy atom. The molecule has 0 saturated carbocycles. The zero-order valence-electron chi connectivity index (χ0n) is 8.43. The van der Waals surface area contributed by atoms with Crippen molar-refractivity contribution in [1.29, 1.82) is 0 Å². The maximum absolute atomic E-state index is 2.96. The molecule has 0 saturated heterocycles. The van der Waals surface area contributed by atoms with Crippen LogP contribution in [-0.2, 0) is 0 Å². The van der Waals surface area contributed by atoms with Gasteiger partial charge in [0.15, 0.2) is 0 Å². The summed E-state index contributed by atoms with van der Waals surface area (Å²) in [6.45, 7) is 9.19. The van der Waals surface area contributed by atoms with Crippen molar-refractivity contribution < 1.29 is 0 Å². The molecule has 0 amide bonds. The first-order valence-corrected chi connectivity index (χ1v) is 5.46. The molecule has 2 atom stereocenters. The van der Waals surface area contributed by atoms with Crippen LogP contribution < -0.4 is 0 Å². The molecule has 0 rings (SSSR count). The Morgan fingerprint density at radius 1 is 1.00 bits per heavy atom. The van der Waals surface area contributed by atoms with Crippen LogP contribution in [0.25, 0.3) is 0 Å². The van der Waals surface area contributed by atoms with Gasteiger partial charge in [0.05, 0.1) is 0 Å². The highest BCUT2D eigenvalue weighted by atomic mass is 31.0. The molecule has 1 heteroatoms. The van der Waals surface area contributed by atoms with Gasteiger partial charge in [-0.05, 0) is 23.9 Å². The van der Waals surface area contributed by atoms with Gasteiger partial charge < -0.3 is 0 Å². The van der Waals surface area contributed by atoms with E-state index >= 15 is 0 Å². The molecule has 0 radical (unpaired) electrons. The summed E-state index contributed by atoms with van der Waals surface area (Å²) in [4.78, 5) is 0. The molecule has 0 N–H and O–H groups in total. The van der Waals surface area contributed by atoms with Crippen LogP contribution in [0.15, 0.2) is 0 Å². The van der Waals surface area contributed by atoms with E-state index < -0.39 is 0 Å². The van der Waals surface area contributed by atoms with Gasteiger partial charge in [0.25, 0.3) is 0 Å². The Kier molecular flexibility index (Phi) is 6.24. The number of hydrogen-bond donors (Lipinski definition) is 0. The Bertz CT molecular complexity index is 86.9. The lowest BCUT2D eigenvalue weighted by Gasteiger charge is -2.15. The molecule has 0 nitrogen and oxygen atoms in total. The lowest BCUT2D eigenvalue weighted by Crippen LogP contribution is -2.06. The van der Waals surface area contributed by atoms with Crippen LogP contribution in [-0.4, -0.2) is 5.66 Å². The van der Waals surface area contributed by atoms with Gasteiger partial charge in [-0.2, -0.15) is 0 Å². The monoisotopic (exact) mass is 174 g/mol. The van der Waals surface area contributed by atoms with Gasteiger partial charge in [0.2, 0.25) is 0 Å². The third kappa shape index (κ3) is 6.81. The quantitative estimate of drug-likeness (QED) is 0.557. The van der Waals surface area contributed by atoms with Crippen LogP contribution >= 0.6 is 9.24 Å². The fraction of sp³-hybridized carbons (Fsp3) is 1.00. The maximum atomic E-state index is 2.96. The van der Waals surface area contributed by atoms with Crippen LogP contribution in [0.3, 0.4) is 0 Å². The van der Waals surface area contributed by atoms with E-state index in [0.29, 0.717) is 0 Å². The standard InChI is InChI=1S/C10H23P/c1-8(2)6-5-7-10(11)9(3)4/h8-10H,5-7,11H2,1-4H3. The molecule has 2 unspecified atom stereocenters. The Morgan fingerprint density at radius 3 is 1.91 bits per heavy atom. The molecular formula is C10H23P. The lowest BCUT2D eigenvalue weighted by molar-refractivity contribution is 0.493. The van der Waals surface area contributed by atoms with Crippen molar-refractivity contribution in [3.05, 3.63) is 0 Å². The van der Waals surface area contributed by atoms with E-state index in [4.69, 9.17) is 0 Å². The van der Waals surface area contributed by atoms with E-state index in [1.54, 1.807) is 0 Å². The van der Waals surface area contributed by atoms with Crippen LogP contribution in [0.4, 0.5) is 0 Å². The van der Waals surface area contributed by atoms with Gasteiger partial charge in [-0.25, -0.2) is 0 Å². The molecule has 11 heavy (non-hydrogen) atoms. The van der Waals surface area contributed by atoms with Crippen molar-refractivity contribution in [1.82, 2.24) is 0 Å². The van der Waals surface area contributed by atoms with Gasteiger partial charge >= 0.3 is 0 Å². The van der Waals surface area contributed by atoms with Gasteiger partial charge in [-0.3, -0.25) is 0 Å². The van der Waals surface area contributed by atoms with Crippen molar-refractivity contribution in [2.75, 3.05) is 0 Å². The summed E-state index contributed by atoms with van der Waals surface area (Å²) < 4.78 is 0. The summed E-state index contributed by atoms with van der Waals surface area (Å²) in [7, 11) is 2.96. The Hall–Kier alpha value is 0.430. The summed E-state index contributed by atoms with van der Waals surface area (Å²) in [6, 6.07) is 0. The van der Waals surface area contributed by atoms with Crippen molar-refractivity contribution in [3.63, 3.8) is 0 Å². The topological polar surface area (TPSA) is 0 Å². The molecule has 0 aromatic heterocycles. The van der Waals surface area contributed by atoms with E-state index in [-0.39, 0.29) is 0 Å². The first kappa shape index (κ1) is 11.4. The Labute approximate surface area is 74.4 Å². The van der Waals surface area contributed by atoms with E-state index in [1.807, 2.05) is 0 Å². The van der Waals surface area contributed by atoms with Gasteiger partial charge in [-0.1, -0.05) is 40.5 Å². The van der Waals surface area contributed by atoms with Crippen molar-refractivity contribution in [3.8, 4) is 0 Å².